The van der Waals surface area contributed by atoms with E-state index >= 15 is 0 Å². The first-order chi connectivity index (χ1) is 4.71. The van der Waals surface area contributed by atoms with Crippen molar-refractivity contribution in [1.82, 2.24) is 0 Å². The first-order valence-corrected chi connectivity index (χ1v) is 9.78. The van der Waals surface area contributed by atoms with Gasteiger partial charge in [-0.1, -0.05) is 0 Å². The molecule has 0 radical (unpaired) electrons. The molecule has 0 aromatic rings. The van der Waals surface area contributed by atoms with Crippen LogP contribution >= 0.6 is 44.2 Å². The molecule has 0 saturated carbocycles. The summed E-state index contributed by atoms with van der Waals surface area (Å²) in [5.41, 5.74) is 0. The van der Waals surface area contributed by atoms with Crippen LogP contribution < -0.4 is 0 Å². The molecule has 0 aromatic carbocycles. The Kier molecular flexibility index (Phi) is 5.11. The molecule has 0 amide bonds. The van der Waals surface area contributed by atoms with E-state index in [4.69, 9.17) is 19.6 Å². The summed E-state index contributed by atoms with van der Waals surface area (Å²) in [4.78, 5) is 32.8. The summed E-state index contributed by atoms with van der Waals surface area (Å²) >= 11 is 0. The summed E-state index contributed by atoms with van der Waals surface area (Å²) in [5, 5.41) is 0. The smallest absolute Gasteiger partial charge is 0.316 e. The Morgan fingerprint density at radius 2 is 1.09 bits per heavy atom. The highest BCUT2D eigenvalue weighted by atomic mass is 33.7. The van der Waals surface area contributed by atoms with Crippen LogP contribution in [0.2, 0.25) is 0 Å². The maximum Gasteiger partial charge on any atom is 0.395 e. The van der Waals surface area contributed by atoms with Crippen LogP contribution in [0.25, 0.3) is 0 Å². The van der Waals surface area contributed by atoms with E-state index in [-0.39, 0.29) is 20.8 Å². The molecule has 0 aromatic heterocycles. The first kappa shape index (κ1) is 12.3. The standard InChI is InChI=1S/H4O6P2S3/c1-7(2,3)9-11-10-8(4,5)6/h(H2,1,2,3)(H2,4,5,6). The van der Waals surface area contributed by atoms with Crippen molar-refractivity contribution in [1.29, 1.82) is 0 Å². The molecule has 6 nitrogen and oxygen atoms in total. The van der Waals surface area contributed by atoms with Crippen LogP contribution in [-0.4, -0.2) is 19.6 Å². The number of hydrogen-bond acceptors (Lipinski definition) is 5. The number of hydrogen-bond donors (Lipinski definition) is 4. The van der Waals surface area contributed by atoms with Crippen LogP contribution in [-0.2, 0) is 9.13 Å². The van der Waals surface area contributed by atoms with E-state index in [0.29, 0.717) is 9.83 Å². The SMILES string of the molecule is O=P(O)(O)SSSP(=O)(O)O. The van der Waals surface area contributed by atoms with E-state index in [0.717, 1.165) is 0 Å². The third-order valence-electron chi connectivity index (χ3n) is 0.255. The molecule has 0 aliphatic rings. The summed E-state index contributed by atoms with van der Waals surface area (Å²) in [5.74, 6) is 0. The Bertz CT molecular complexity index is 178. The molecule has 0 rings (SSSR count). The first-order valence-electron chi connectivity index (χ1n) is 1.86. The van der Waals surface area contributed by atoms with Gasteiger partial charge < -0.3 is 19.6 Å². The molecule has 0 heterocycles. The van der Waals surface area contributed by atoms with Gasteiger partial charge in [0.1, 0.15) is 0 Å². The van der Waals surface area contributed by atoms with Gasteiger partial charge in [-0.25, -0.2) is 9.13 Å². The predicted molar refractivity (Wildman–Crippen MR) is 46.9 cm³/mol. The van der Waals surface area contributed by atoms with Crippen LogP contribution in [0.4, 0.5) is 0 Å². The Balaban J connectivity index is 3.61. The van der Waals surface area contributed by atoms with Gasteiger partial charge >= 0.3 is 13.6 Å². The van der Waals surface area contributed by atoms with E-state index < -0.39 is 13.6 Å². The lowest BCUT2D eigenvalue weighted by Crippen LogP contribution is -1.64. The summed E-state index contributed by atoms with van der Waals surface area (Å²) in [6.07, 6.45) is 0. The molecule has 0 spiro atoms. The van der Waals surface area contributed by atoms with E-state index in [1.807, 2.05) is 0 Å². The van der Waals surface area contributed by atoms with Crippen molar-refractivity contribution in [2.45, 2.75) is 0 Å². The fourth-order valence-corrected chi connectivity index (χ4v) is 9.73. The minimum absolute atomic E-state index is 0.115. The minimum atomic E-state index is -4.24. The zero-order valence-electron chi connectivity index (χ0n) is 4.72. The average Bonchev–Trinajstić information content (AvgIpc) is 1.55. The monoisotopic (exact) mass is 258 g/mol. The molecule has 0 aliphatic carbocycles. The molecule has 11 heteroatoms. The topological polar surface area (TPSA) is 115 Å². The van der Waals surface area contributed by atoms with Gasteiger partial charge in [-0.3, -0.25) is 0 Å². The summed E-state index contributed by atoms with van der Waals surface area (Å²) in [7, 11) is 0.603. The van der Waals surface area contributed by atoms with Crippen LogP contribution in [0.3, 0.4) is 0 Å². The van der Waals surface area contributed by atoms with Crippen molar-refractivity contribution in [3.8, 4) is 0 Å². The highest BCUT2D eigenvalue weighted by molar-refractivity contribution is 9.27. The van der Waals surface area contributed by atoms with Gasteiger partial charge in [-0.05, 0) is 9.83 Å². The second kappa shape index (κ2) is 4.55. The van der Waals surface area contributed by atoms with Gasteiger partial charge in [0, 0.05) is 20.8 Å². The lowest BCUT2D eigenvalue weighted by molar-refractivity contribution is 0.395. The second-order valence-electron chi connectivity index (χ2n) is 1.20. The third-order valence-corrected chi connectivity index (χ3v) is 10.2. The Labute approximate surface area is 73.1 Å². The molecule has 0 atom stereocenters. The van der Waals surface area contributed by atoms with Crippen molar-refractivity contribution in [3.05, 3.63) is 0 Å². The summed E-state index contributed by atoms with van der Waals surface area (Å²) in [6.45, 7) is -8.47. The van der Waals surface area contributed by atoms with E-state index in [2.05, 4.69) is 0 Å². The Morgan fingerprint density at radius 3 is 1.27 bits per heavy atom. The Morgan fingerprint density at radius 1 is 0.818 bits per heavy atom. The molecular formula is H4O6P2S3. The maximum atomic E-state index is 10.1. The van der Waals surface area contributed by atoms with Gasteiger partial charge in [-0.15, -0.1) is 0 Å². The van der Waals surface area contributed by atoms with Crippen molar-refractivity contribution >= 4 is 44.2 Å². The van der Waals surface area contributed by atoms with E-state index in [1.165, 1.54) is 0 Å². The lowest BCUT2D eigenvalue weighted by atomic mass is 15.8. The highest BCUT2D eigenvalue weighted by Gasteiger charge is 2.20. The van der Waals surface area contributed by atoms with E-state index in [9.17, 15) is 9.13 Å². The quantitative estimate of drug-likeness (QED) is 0.436. The normalized spacial score (nSPS) is 13.5. The fourth-order valence-electron chi connectivity index (χ4n) is 0.0929. The van der Waals surface area contributed by atoms with E-state index in [1.54, 1.807) is 0 Å². The summed E-state index contributed by atoms with van der Waals surface area (Å²) in [6, 6.07) is 0. The van der Waals surface area contributed by atoms with Crippen molar-refractivity contribution in [2.24, 2.45) is 0 Å². The molecule has 0 fully saturated rings. The molecule has 11 heavy (non-hydrogen) atoms. The van der Waals surface area contributed by atoms with Crippen LogP contribution in [0, 0.1) is 0 Å². The zero-order chi connectivity index (χ0) is 9.12. The van der Waals surface area contributed by atoms with Crippen molar-refractivity contribution in [3.63, 3.8) is 0 Å². The molecular weight excluding hydrogens is 254 g/mol. The average molecular weight is 258 g/mol. The van der Waals surface area contributed by atoms with Crippen molar-refractivity contribution < 1.29 is 28.7 Å². The summed E-state index contributed by atoms with van der Waals surface area (Å²) < 4.78 is 20.2. The second-order valence-corrected chi connectivity index (χ2v) is 11.7. The Hall–Kier alpha value is 1.35. The third kappa shape index (κ3) is 11.3. The fraction of sp³-hybridized carbons (Fsp3) is 0. The van der Waals surface area contributed by atoms with Gasteiger partial charge in [-0.2, -0.15) is 0 Å². The van der Waals surface area contributed by atoms with Crippen LogP contribution in [0.15, 0.2) is 0 Å². The van der Waals surface area contributed by atoms with Crippen LogP contribution in [0.1, 0.15) is 0 Å². The van der Waals surface area contributed by atoms with Gasteiger partial charge in [0.05, 0.1) is 0 Å². The molecule has 0 aliphatic heterocycles. The largest absolute Gasteiger partial charge is 0.395 e. The molecule has 4 N–H and O–H groups in total. The molecule has 0 saturated heterocycles. The molecule has 68 valence electrons. The zero-order valence-corrected chi connectivity index (χ0v) is 8.96. The van der Waals surface area contributed by atoms with Gasteiger partial charge in [0.15, 0.2) is 0 Å². The minimum Gasteiger partial charge on any atom is -0.316 e. The van der Waals surface area contributed by atoms with Gasteiger partial charge in [0.2, 0.25) is 0 Å². The highest BCUT2D eigenvalue weighted by Crippen LogP contribution is 2.68. The van der Waals surface area contributed by atoms with Gasteiger partial charge in [0.25, 0.3) is 0 Å². The van der Waals surface area contributed by atoms with Crippen molar-refractivity contribution in [2.75, 3.05) is 0 Å². The van der Waals surface area contributed by atoms with Crippen LogP contribution in [0.5, 0.6) is 0 Å². The number of rotatable bonds is 4. The maximum absolute atomic E-state index is 10.1. The molecule has 0 unspecified atom stereocenters. The molecule has 0 bridgehead atoms. The predicted octanol–water partition coefficient (Wildman–Crippen LogP) is 1.20. The lowest BCUT2D eigenvalue weighted by Gasteiger charge is -2.01.